The topological polar surface area (TPSA) is 71.1 Å². The van der Waals surface area contributed by atoms with E-state index in [4.69, 9.17) is 41.5 Å². The minimum absolute atomic E-state index is 0.173. The molecule has 6 atom stereocenters. The molecule has 0 aromatic heterocycles. The highest BCUT2D eigenvalue weighted by Gasteiger charge is 2.71. The summed E-state index contributed by atoms with van der Waals surface area (Å²) in [7, 11) is -0.946. The van der Waals surface area contributed by atoms with Gasteiger partial charge < -0.3 is 18.3 Å². The van der Waals surface area contributed by atoms with Gasteiger partial charge in [0.25, 0.3) is 0 Å². The minimum Gasteiger partial charge on any atom is -0.547 e. The number of rotatable bonds is 6. The van der Waals surface area contributed by atoms with Crippen LogP contribution < -0.4 is 0 Å². The summed E-state index contributed by atoms with van der Waals surface area (Å²) in [4.78, 5) is 24.7. The largest absolute Gasteiger partial charge is 0.547 e. The van der Waals surface area contributed by atoms with Crippen molar-refractivity contribution < 1.29 is 27.9 Å². The van der Waals surface area contributed by atoms with Gasteiger partial charge in [-0.2, -0.15) is 0 Å². The number of Topliss-reactive ketones (excluding diaryl/α,β-unsaturated/α-hetero) is 2. The molecule has 6 nitrogen and oxygen atoms in total. The summed E-state index contributed by atoms with van der Waals surface area (Å²) in [6.45, 7) is 12.4. The van der Waals surface area contributed by atoms with E-state index in [0.717, 1.165) is 0 Å². The number of fused-ring (bicyclic) bond motifs is 2. The van der Waals surface area contributed by atoms with E-state index in [1.807, 2.05) is 0 Å². The molecule has 0 aromatic carbocycles. The number of hydrogen-bond acceptors (Lipinski definition) is 6. The lowest BCUT2D eigenvalue weighted by molar-refractivity contribution is -0.152. The third-order valence-electron chi connectivity index (χ3n) is 6.09. The molecule has 0 aliphatic heterocycles. The minimum atomic E-state index is -1.94. The molecule has 0 amide bonds. The highest BCUT2D eigenvalue weighted by Crippen LogP contribution is 2.56. The van der Waals surface area contributed by atoms with E-state index >= 15 is 0 Å². The van der Waals surface area contributed by atoms with Crippen LogP contribution in [0.4, 0.5) is 0 Å². The Labute approximate surface area is 202 Å². The zero-order chi connectivity index (χ0) is 24.3. The second-order valence-corrected chi connectivity index (χ2v) is 20.9. The second kappa shape index (κ2) is 8.54. The first kappa shape index (κ1) is 26.0. The van der Waals surface area contributed by atoms with Gasteiger partial charge in [0.05, 0.1) is 23.4 Å². The zero-order valence-electron chi connectivity index (χ0n) is 20.1. The average Bonchev–Trinajstić information content (AvgIpc) is 2.65. The Morgan fingerprint density at radius 3 is 1.41 bits per heavy atom. The molecule has 180 valence electrons. The molecule has 6 unspecified atom stereocenters. The van der Waals surface area contributed by atoms with E-state index in [0.29, 0.717) is 11.5 Å². The number of hydrogen-bond donors (Lipinski definition) is 0. The van der Waals surface area contributed by atoms with Crippen LogP contribution in [0.2, 0.25) is 39.3 Å². The van der Waals surface area contributed by atoms with E-state index in [-0.39, 0.29) is 18.6 Å². The van der Waals surface area contributed by atoms with E-state index in [1.54, 1.807) is 12.2 Å². The quantitative estimate of drug-likeness (QED) is 0.375. The summed E-state index contributed by atoms with van der Waals surface area (Å²) >= 11 is 14.1. The molecule has 0 heterocycles. The van der Waals surface area contributed by atoms with Crippen LogP contribution in [-0.2, 0) is 27.9 Å². The summed E-state index contributed by atoms with van der Waals surface area (Å²) in [5.41, 5.74) is 0. The van der Waals surface area contributed by atoms with Crippen molar-refractivity contribution in [2.75, 3.05) is 14.2 Å². The standard InChI is InChI=1S/C22H34Cl2O6Si2/c1-27-17-11-13(29-31(3,4)5)9-15-19(25)16-10-14(30-32(6,7)8)12-18(28-2)22(16,24)20(26)21(15,17)23/h11-12,15-18H,9-10H2,1-8H3. The van der Waals surface area contributed by atoms with Crippen molar-refractivity contribution in [3.05, 3.63) is 23.7 Å². The number of allylic oxidation sites excluding steroid dienone is 2. The van der Waals surface area contributed by atoms with Crippen LogP contribution in [0.5, 0.6) is 0 Å². The van der Waals surface area contributed by atoms with E-state index in [9.17, 15) is 9.59 Å². The number of alkyl halides is 2. The molecule has 0 aromatic rings. The fourth-order valence-corrected chi connectivity index (χ4v) is 7.87. The molecule has 0 saturated heterocycles. The lowest BCUT2D eigenvalue weighted by atomic mass is 9.57. The lowest BCUT2D eigenvalue weighted by Gasteiger charge is -2.54. The molecule has 0 N–H and O–H groups in total. The van der Waals surface area contributed by atoms with Gasteiger partial charge in [-0.05, 0) is 51.4 Å². The van der Waals surface area contributed by atoms with Gasteiger partial charge in [0.15, 0.2) is 5.78 Å². The Hall–Kier alpha value is -0.646. The van der Waals surface area contributed by atoms with E-state index in [1.165, 1.54) is 14.2 Å². The molecule has 0 radical (unpaired) electrons. The molecule has 0 bridgehead atoms. The number of methoxy groups -OCH3 is 2. The monoisotopic (exact) mass is 520 g/mol. The molecule has 10 heteroatoms. The summed E-state index contributed by atoms with van der Waals surface area (Å²) in [5.74, 6) is -0.930. The summed E-state index contributed by atoms with van der Waals surface area (Å²) in [5, 5.41) is 0. The van der Waals surface area contributed by atoms with Crippen molar-refractivity contribution in [1.29, 1.82) is 0 Å². The fourth-order valence-electron chi connectivity index (χ4n) is 4.96. The first-order valence-electron chi connectivity index (χ1n) is 10.9. The van der Waals surface area contributed by atoms with Gasteiger partial charge in [-0.25, -0.2) is 0 Å². The Morgan fingerprint density at radius 1 is 0.781 bits per heavy atom. The van der Waals surface area contributed by atoms with Gasteiger partial charge >= 0.3 is 0 Å². The van der Waals surface area contributed by atoms with Gasteiger partial charge in [0, 0.05) is 27.1 Å². The molecule has 1 fully saturated rings. The number of halogens is 2. The average molecular weight is 522 g/mol. The van der Waals surface area contributed by atoms with Crippen molar-refractivity contribution in [3.8, 4) is 0 Å². The van der Waals surface area contributed by atoms with Crippen molar-refractivity contribution in [1.82, 2.24) is 0 Å². The maximum absolute atomic E-state index is 14.0. The fraction of sp³-hybridized carbons (Fsp3) is 0.727. The molecule has 0 spiro atoms. The number of ether oxygens (including phenoxy) is 2. The molecule has 32 heavy (non-hydrogen) atoms. The molecular formula is C22H34Cl2O6Si2. The third-order valence-corrected chi connectivity index (χ3v) is 9.14. The predicted molar refractivity (Wildman–Crippen MR) is 130 cm³/mol. The number of carbonyl (C=O) groups excluding carboxylic acids is 2. The van der Waals surface area contributed by atoms with Crippen LogP contribution >= 0.6 is 23.2 Å². The van der Waals surface area contributed by atoms with Gasteiger partial charge in [0.1, 0.15) is 27.7 Å². The van der Waals surface area contributed by atoms with Crippen LogP contribution in [0, 0.1) is 11.8 Å². The maximum Gasteiger partial charge on any atom is 0.241 e. The molecule has 3 aliphatic rings. The van der Waals surface area contributed by atoms with Gasteiger partial charge in [0.2, 0.25) is 16.6 Å². The zero-order valence-corrected chi connectivity index (χ0v) is 23.6. The Morgan fingerprint density at radius 2 is 1.12 bits per heavy atom. The highest BCUT2D eigenvalue weighted by atomic mass is 35.5. The first-order valence-corrected chi connectivity index (χ1v) is 18.5. The number of ketones is 2. The second-order valence-electron chi connectivity index (χ2n) is 10.8. The van der Waals surface area contributed by atoms with Crippen LogP contribution in [-0.4, -0.2) is 64.4 Å². The molecular weight excluding hydrogens is 487 g/mol. The Kier molecular flexibility index (Phi) is 6.93. The van der Waals surface area contributed by atoms with Crippen LogP contribution in [0.25, 0.3) is 0 Å². The van der Waals surface area contributed by atoms with Crippen molar-refractivity contribution in [3.63, 3.8) is 0 Å². The van der Waals surface area contributed by atoms with Crippen LogP contribution in [0.15, 0.2) is 23.7 Å². The van der Waals surface area contributed by atoms with Gasteiger partial charge in [-0.3, -0.25) is 9.59 Å². The smallest absolute Gasteiger partial charge is 0.241 e. The van der Waals surface area contributed by atoms with Crippen molar-refractivity contribution in [2.45, 2.75) is 74.1 Å². The van der Waals surface area contributed by atoms with Crippen molar-refractivity contribution >= 4 is 51.4 Å². The van der Waals surface area contributed by atoms with Crippen LogP contribution in [0.3, 0.4) is 0 Å². The molecule has 3 aliphatic carbocycles. The maximum atomic E-state index is 14.0. The van der Waals surface area contributed by atoms with E-state index in [2.05, 4.69) is 39.3 Å². The van der Waals surface area contributed by atoms with Gasteiger partial charge in [-0.15, -0.1) is 23.2 Å². The molecule has 3 rings (SSSR count). The summed E-state index contributed by atoms with van der Waals surface area (Å²) in [6, 6.07) is 0. The molecule has 1 saturated carbocycles. The van der Waals surface area contributed by atoms with Crippen molar-refractivity contribution in [2.24, 2.45) is 11.8 Å². The summed E-state index contributed by atoms with van der Waals surface area (Å²) in [6.07, 6.45) is 2.26. The lowest BCUT2D eigenvalue weighted by Crippen LogP contribution is -2.72. The third kappa shape index (κ3) is 4.39. The highest BCUT2D eigenvalue weighted by molar-refractivity contribution is 6.70. The van der Waals surface area contributed by atoms with E-state index < -0.39 is 56.2 Å². The van der Waals surface area contributed by atoms with Gasteiger partial charge in [-0.1, -0.05) is 0 Å². The normalized spacial score (nSPS) is 37.8. The Bertz CT molecular complexity index is 795. The first-order chi connectivity index (χ1) is 14.6. The predicted octanol–water partition coefficient (Wildman–Crippen LogP) is 4.63. The SMILES string of the molecule is COC1C=C(O[Si](C)(C)C)CC2C(=O)C3CC(O[Si](C)(C)C)=CC(OC)C3(Cl)C(=O)C12Cl. The van der Waals surface area contributed by atoms with Crippen LogP contribution in [0.1, 0.15) is 12.8 Å². The Balaban J connectivity index is 2.09. The number of carbonyl (C=O) groups is 2. The summed E-state index contributed by atoms with van der Waals surface area (Å²) < 4.78 is 23.6.